The van der Waals surface area contributed by atoms with Gasteiger partial charge in [-0.2, -0.15) is 0 Å². The molecule has 0 atom stereocenters. The molecule has 1 nitrogen and oxygen atoms in total. The highest BCUT2D eigenvalue weighted by Crippen LogP contribution is 2.12. The van der Waals surface area contributed by atoms with Crippen molar-refractivity contribution in [2.45, 2.75) is 46.0 Å². The summed E-state index contributed by atoms with van der Waals surface area (Å²) < 4.78 is 0. The maximum absolute atomic E-state index is 5.27. The van der Waals surface area contributed by atoms with Crippen LogP contribution in [0.4, 0.5) is 0 Å². The molecule has 0 saturated heterocycles. The van der Waals surface area contributed by atoms with E-state index < -0.39 is 0 Å². The van der Waals surface area contributed by atoms with Gasteiger partial charge in [-0.1, -0.05) is 19.1 Å². The van der Waals surface area contributed by atoms with Crippen molar-refractivity contribution in [3.63, 3.8) is 0 Å². The molecular formula is C15H25N. The van der Waals surface area contributed by atoms with Gasteiger partial charge < -0.3 is 4.90 Å². The van der Waals surface area contributed by atoms with Crippen LogP contribution < -0.4 is 0 Å². The summed E-state index contributed by atoms with van der Waals surface area (Å²) in [5, 5.41) is 0. The summed E-state index contributed by atoms with van der Waals surface area (Å²) in [6, 6.07) is 0. The van der Waals surface area contributed by atoms with Crippen molar-refractivity contribution in [1.29, 1.82) is 0 Å². The van der Waals surface area contributed by atoms with Crippen LogP contribution >= 0.6 is 0 Å². The van der Waals surface area contributed by atoms with Gasteiger partial charge in [-0.05, 0) is 32.6 Å². The molecule has 0 N–H and O–H groups in total. The molecule has 0 radical (unpaired) electrons. The van der Waals surface area contributed by atoms with Gasteiger partial charge in [0.05, 0.1) is 0 Å². The first-order valence-electron chi connectivity index (χ1n) is 6.12. The van der Waals surface area contributed by atoms with Crippen LogP contribution in [0.25, 0.3) is 0 Å². The number of hydrogen-bond donors (Lipinski definition) is 0. The fourth-order valence-corrected chi connectivity index (χ4v) is 1.64. The van der Waals surface area contributed by atoms with Crippen LogP contribution in [0.15, 0.2) is 24.4 Å². The molecule has 0 saturated carbocycles. The Morgan fingerprint density at radius 1 is 1.25 bits per heavy atom. The highest BCUT2D eigenvalue weighted by molar-refractivity contribution is 4.99. The summed E-state index contributed by atoms with van der Waals surface area (Å²) in [5.41, 5.74) is 2.44. The van der Waals surface area contributed by atoms with Gasteiger partial charge in [-0.15, -0.1) is 18.9 Å². The van der Waals surface area contributed by atoms with Crippen molar-refractivity contribution in [1.82, 2.24) is 4.90 Å². The zero-order chi connectivity index (χ0) is 12.4. The quantitative estimate of drug-likeness (QED) is 0.419. The molecule has 0 aromatic carbocycles. The molecule has 0 unspecified atom stereocenters. The average molecular weight is 219 g/mol. The van der Waals surface area contributed by atoms with Gasteiger partial charge in [-0.25, -0.2) is 0 Å². The van der Waals surface area contributed by atoms with Crippen LogP contribution in [0, 0.1) is 12.3 Å². The van der Waals surface area contributed by atoms with E-state index in [1.165, 1.54) is 11.3 Å². The van der Waals surface area contributed by atoms with Crippen LogP contribution in [0.2, 0.25) is 0 Å². The van der Waals surface area contributed by atoms with Crippen LogP contribution in [-0.2, 0) is 0 Å². The molecule has 0 bridgehead atoms. The fraction of sp³-hybridized carbons (Fsp3) is 0.600. The molecule has 0 aliphatic carbocycles. The number of hydrogen-bond acceptors (Lipinski definition) is 1. The summed E-state index contributed by atoms with van der Waals surface area (Å²) in [5.74, 6) is 2.67. The van der Waals surface area contributed by atoms with Crippen LogP contribution in [0.3, 0.4) is 0 Å². The predicted octanol–water partition coefficient (Wildman–Crippen LogP) is 3.98. The molecule has 16 heavy (non-hydrogen) atoms. The molecule has 0 aromatic heterocycles. The minimum atomic E-state index is 0.791. The van der Waals surface area contributed by atoms with Crippen molar-refractivity contribution in [3.8, 4) is 12.3 Å². The molecule has 1 heteroatoms. The van der Waals surface area contributed by atoms with Gasteiger partial charge >= 0.3 is 0 Å². The van der Waals surface area contributed by atoms with Crippen LogP contribution in [0.5, 0.6) is 0 Å². The molecule has 0 rings (SSSR count). The van der Waals surface area contributed by atoms with Gasteiger partial charge in [0.25, 0.3) is 0 Å². The van der Waals surface area contributed by atoms with E-state index in [0.29, 0.717) is 0 Å². The average Bonchev–Trinajstić information content (AvgIpc) is 2.24. The highest BCUT2D eigenvalue weighted by Gasteiger charge is 2.05. The van der Waals surface area contributed by atoms with Crippen LogP contribution in [0.1, 0.15) is 46.0 Å². The molecule has 0 aliphatic heterocycles. The fourth-order valence-electron chi connectivity index (χ4n) is 1.64. The minimum Gasteiger partial charge on any atom is -0.375 e. The molecule has 90 valence electrons. The van der Waals surface area contributed by atoms with Gasteiger partial charge in [0.2, 0.25) is 0 Å². The molecule has 0 aromatic rings. The lowest BCUT2D eigenvalue weighted by atomic mass is 10.1. The Balaban J connectivity index is 4.00. The van der Waals surface area contributed by atoms with E-state index >= 15 is 0 Å². The Bertz CT molecular complexity index is 257. The molecule has 0 spiro atoms. The summed E-state index contributed by atoms with van der Waals surface area (Å²) in [6.07, 6.45) is 10.4. The van der Waals surface area contributed by atoms with E-state index in [9.17, 15) is 0 Å². The Kier molecular flexibility index (Phi) is 8.43. The highest BCUT2D eigenvalue weighted by atomic mass is 15.1. The Labute approximate surface area is 101 Å². The molecule has 0 fully saturated rings. The zero-order valence-corrected chi connectivity index (χ0v) is 10.9. The second-order valence-corrected chi connectivity index (χ2v) is 4.32. The summed E-state index contributed by atoms with van der Waals surface area (Å²) in [6.45, 7) is 14.5. The van der Waals surface area contributed by atoms with Crippen molar-refractivity contribution in [2.24, 2.45) is 0 Å². The lowest BCUT2D eigenvalue weighted by Gasteiger charge is -2.26. The standard InChI is InChI=1S/C15H25N/c1-6-8-11-15(5)16(12-7-2)13-9-10-14(3)4/h1H,3,5,7-13H2,2,4H3. The molecular weight excluding hydrogens is 194 g/mol. The first kappa shape index (κ1) is 14.8. The SMILES string of the molecule is C#CCCC(=C)N(CCC)CCCC(=C)C. The van der Waals surface area contributed by atoms with E-state index in [4.69, 9.17) is 6.42 Å². The summed E-state index contributed by atoms with van der Waals surface area (Å²) >= 11 is 0. The van der Waals surface area contributed by atoms with E-state index in [1.807, 2.05) is 0 Å². The summed E-state index contributed by atoms with van der Waals surface area (Å²) in [7, 11) is 0. The lowest BCUT2D eigenvalue weighted by Crippen LogP contribution is -2.24. The van der Waals surface area contributed by atoms with Gasteiger partial charge in [0.15, 0.2) is 0 Å². The Morgan fingerprint density at radius 3 is 2.44 bits per heavy atom. The minimum absolute atomic E-state index is 0.791. The zero-order valence-electron chi connectivity index (χ0n) is 10.9. The van der Waals surface area contributed by atoms with Crippen molar-refractivity contribution in [2.75, 3.05) is 13.1 Å². The lowest BCUT2D eigenvalue weighted by molar-refractivity contribution is 0.330. The van der Waals surface area contributed by atoms with Crippen molar-refractivity contribution < 1.29 is 0 Å². The largest absolute Gasteiger partial charge is 0.375 e. The third-order valence-corrected chi connectivity index (χ3v) is 2.53. The maximum atomic E-state index is 5.27. The Morgan fingerprint density at radius 2 is 1.94 bits per heavy atom. The number of allylic oxidation sites excluding steroid dienone is 2. The van der Waals surface area contributed by atoms with Gasteiger partial charge in [0.1, 0.15) is 0 Å². The third-order valence-electron chi connectivity index (χ3n) is 2.53. The van der Waals surface area contributed by atoms with Gasteiger partial charge in [0, 0.05) is 25.2 Å². The monoisotopic (exact) mass is 219 g/mol. The first-order valence-corrected chi connectivity index (χ1v) is 6.12. The summed E-state index contributed by atoms with van der Waals surface area (Å²) in [4.78, 5) is 2.36. The second-order valence-electron chi connectivity index (χ2n) is 4.32. The van der Waals surface area contributed by atoms with E-state index in [-0.39, 0.29) is 0 Å². The van der Waals surface area contributed by atoms with Gasteiger partial charge in [-0.3, -0.25) is 0 Å². The molecule has 0 aliphatic rings. The Hall–Kier alpha value is -1.16. The number of rotatable bonds is 9. The predicted molar refractivity (Wildman–Crippen MR) is 73.1 cm³/mol. The number of nitrogens with zero attached hydrogens (tertiary/aromatic N) is 1. The molecule has 0 amide bonds. The van der Waals surface area contributed by atoms with E-state index in [2.05, 4.69) is 37.8 Å². The van der Waals surface area contributed by atoms with E-state index in [0.717, 1.165) is 45.2 Å². The number of terminal acetylenes is 1. The first-order chi connectivity index (χ1) is 7.61. The van der Waals surface area contributed by atoms with E-state index in [1.54, 1.807) is 0 Å². The third kappa shape index (κ3) is 7.17. The van der Waals surface area contributed by atoms with Crippen molar-refractivity contribution in [3.05, 3.63) is 24.4 Å². The second kappa shape index (κ2) is 9.09. The molecule has 0 heterocycles. The van der Waals surface area contributed by atoms with Crippen molar-refractivity contribution >= 4 is 0 Å². The maximum Gasteiger partial charge on any atom is 0.0177 e. The topological polar surface area (TPSA) is 3.24 Å². The van der Waals surface area contributed by atoms with Crippen LogP contribution in [-0.4, -0.2) is 18.0 Å². The smallest absolute Gasteiger partial charge is 0.0177 e. The normalized spacial score (nSPS) is 9.56.